The average molecular weight is 592 g/mol. The summed E-state index contributed by atoms with van der Waals surface area (Å²) >= 11 is 6.11. The Morgan fingerprint density at radius 1 is 0.854 bits per heavy atom. The Morgan fingerprint density at radius 2 is 1.54 bits per heavy atom. The summed E-state index contributed by atoms with van der Waals surface area (Å²) in [6.07, 6.45) is 0. The molecular weight excluding hydrogens is 566 g/mol. The van der Waals surface area contributed by atoms with Crippen LogP contribution in [-0.4, -0.2) is 36.5 Å². The van der Waals surface area contributed by atoms with E-state index in [9.17, 15) is 18.3 Å². The summed E-state index contributed by atoms with van der Waals surface area (Å²) in [5, 5.41) is 16.0. The predicted molar refractivity (Wildman–Crippen MR) is 161 cm³/mol. The van der Waals surface area contributed by atoms with Crippen LogP contribution >= 0.6 is 11.6 Å². The van der Waals surface area contributed by atoms with Crippen LogP contribution in [0.25, 0.3) is 11.0 Å². The molecule has 0 aliphatic carbocycles. The third-order valence-electron chi connectivity index (χ3n) is 5.71. The number of anilines is 4. The molecule has 0 saturated carbocycles. The van der Waals surface area contributed by atoms with Crippen molar-refractivity contribution >= 4 is 61.6 Å². The lowest BCUT2D eigenvalue weighted by Gasteiger charge is -2.15. The quantitative estimate of drug-likeness (QED) is 0.162. The minimum absolute atomic E-state index is 0. The second kappa shape index (κ2) is 12.1. The van der Waals surface area contributed by atoms with Crippen LogP contribution in [0.15, 0.2) is 95.9 Å². The number of ether oxygens (including phenoxy) is 1. The molecule has 0 aliphatic rings. The fourth-order valence-corrected chi connectivity index (χ4v) is 5.12. The molecular formula is C29H26ClN5O5S. The molecule has 1 heterocycles. The van der Waals surface area contributed by atoms with E-state index in [4.69, 9.17) is 16.3 Å². The summed E-state index contributed by atoms with van der Waals surface area (Å²) < 4.78 is 34.6. The van der Waals surface area contributed by atoms with Gasteiger partial charge in [0.1, 0.15) is 11.5 Å². The number of sulfonamides is 1. The van der Waals surface area contributed by atoms with E-state index in [0.717, 1.165) is 0 Å². The van der Waals surface area contributed by atoms with Crippen molar-refractivity contribution in [1.29, 1.82) is 0 Å². The highest BCUT2D eigenvalue weighted by molar-refractivity contribution is 7.92. The van der Waals surface area contributed by atoms with Gasteiger partial charge in [-0.25, -0.2) is 18.4 Å². The van der Waals surface area contributed by atoms with Gasteiger partial charge in [0.05, 0.1) is 33.6 Å². The van der Waals surface area contributed by atoms with Crippen LogP contribution in [-0.2, 0) is 10.0 Å². The second-order valence-electron chi connectivity index (χ2n) is 8.52. The van der Waals surface area contributed by atoms with E-state index >= 15 is 0 Å². The Balaban J connectivity index is 0.00000387. The molecule has 0 spiro atoms. The molecule has 0 unspecified atom stereocenters. The first-order valence-electron chi connectivity index (χ1n) is 11.8. The van der Waals surface area contributed by atoms with Gasteiger partial charge in [0.25, 0.3) is 15.9 Å². The number of nitrogens with zero attached hydrogens (tertiary/aromatic N) is 2. The number of amides is 1. The molecule has 0 fully saturated rings. The Kier molecular flexibility index (Phi) is 8.60. The van der Waals surface area contributed by atoms with Crippen LogP contribution in [0.2, 0.25) is 5.02 Å². The fraction of sp³-hybridized carbons (Fsp3) is 0.0690. The monoisotopic (exact) mass is 591 g/mol. The van der Waals surface area contributed by atoms with E-state index in [-0.39, 0.29) is 46.0 Å². The number of phenolic OH excluding ortho intramolecular Hbond substituents is 1. The lowest BCUT2D eigenvalue weighted by Crippen LogP contribution is -2.17. The maximum absolute atomic E-state index is 13.5. The Labute approximate surface area is 242 Å². The van der Waals surface area contributed by atoms with E-state index in [2.05, 4.69) is 25.3 Å². The number of para-hydroxylation sites is 2. The molecule has 4 aromatic carbocycles. The minimum atomic E-state index is -4.19. The Bertz CT molecular complexity index is 1850. The largest absolute Gasteiger partial charge is 0.508 e. The SMILES string of the molecule is C.COc1cc(O)cc(Nc2nc3ccccc3nc2NS(=O)(=O)c2cccc(NC(=O)c3ccccc3Cl)c2)c1. The summed E-state index contributed by atoms with van der Waals surface area (Å²) in [6.45, 7) is 0. The van der Waals surface area contributed by atoms with Crippen molar-refractivity contribution < 1.29 is 23.1 Å². The van der Waals surface area contributed by atoms with Gasteiger partial charge in [0.2, 0.25) is 0 Å². The molecule has 0 atom stereocenters. The summed E-state index contributed by atoms with van der Waals surface area (Å²) in [4.78, 5) is 21.6. The van der Waals surface area contributed by atoms with Gasteiger partial charge in [-0.2, -0.15) is 0 Å². The number of methoxy groups -OCH3 is 1. The maximum atomic E-state index is 13.5. The molecule has 1 aromatic heterocycles. The van der Waals surface area contributed by atoms with Crippen molar-refractivity contribution in [2.45, 2.75) is 12.3 Å². The molecule has 10 nitrogen and oxygen atoms in total. The Hall–Kier alpha value is -4.87. The van der Waals surface area contributed by atoms with Crippen LogP contribution in [0, 0.1) is 0 Å². The second-order valence-corrected chi connectivity index (χ2v) is 10.6. The molecule has 5 aromatic rings. The number of halogens is 1. The van der Waals surface area contributed by atoms with Gasteiger partial charge in [-0.1, -0.05) is 49.4 Å². The topological polar surface area (TPSA) is 143 Å². The highest BCUT2D eigenvalue weighted by Crippen LogP contribution is 2.31. The zero-order valence-corrected chi connectivity index (χ0v) is 22.5. The molecule has 0 radical (unpaired) electrons. The van der Waals surface area contributed by atoms with Crippen LogP contribution in [0.4, 0.5) is 23.0 Å². The molecule has 4 N–H and O–H groups in total. The standard InChI is InChI=1S/C28H22ClN5O5S.CH4/c1-39-20-14-18(13-19(35)16-20)30-26-27(33-25-12-5-4-11-24(25)32-26)34-40(37,38)21-8-6-7-17(15-21)31-28(36)22-9-2-3-10-23(22)29;/h2-16,35H,1H3,(H,30,32)(H,31,36)(H,33,34);1H4. The summed E-state index contributed by atoms with van der Waals surface area (Å²) in [6, 6.07) is 23.7. The van der Waals surface area contributed by atoms with Crippen molar-refractivity contribution in [3.63, 3.8) is 0 Å². The van der Waals surface area contributed by atoms with Crippen LogP contribution in [0.1, 0.15) is 17.8 Å². The summed E-state index contributed by atoms with van der Waals surface area (Å²) in [5.74, 6) is -0.145. The number of phenols is 1. The number of carbonyl (C=O) groups excluding carboxylic acids is 1. The van der Waals surface area contributed by atoms with Gasteiger partial charge in [-0.15, -0.1) is 0 Å². The van der Waals surface area contributed by atoms with Crippen molar-refractivity contribution in [1.82, 2.24) is 9.97 Å². The molecule has 41 heavy (non-hydrogen) atoms. The number of rotatable bonds is 8. The van der Waals surface area contributed by atoms with Gasteiger partial charge >= 0.3 is 0 Å². The first kappa shape index (κ1) is 29.1. The lowest BCUT2D eigenvalue weighted by atomic mass is 10.2. The van der Waals surface area contributed by atoms with Gasteiger partial charge in [-0.3, -0.25) is 9.52 Å². The molecule has 1 amide bonds. The molecule has 0 bridgehead atoms. The molecule has 0 saturated heterocycles. The Morgan fingerprint density at radius 3 is 2.24 bits per heavy atom. The predicted octanol–water partition coefficient (Wildman–Crippen LogP) is 6.43. The number of carbonyl (C=O) groups is 1. The molecule has 210 valence electrons. The smallest absolute Gasteiger partial charge is 0.263 e. The van der Waals surface area contributed by atoms with Crippen molar-refractivity contribution in [3.05, 3.63) is 102 Å². The van der Waals surface area contributed by atoms with Crippen molar-refractivity contribution in [3.8, 4) is 11.5 Å². The molecule has 12 heteroatoms. The fourth-order valence-electron chi connectivity index (χ4n) is 3.84. The van der Waals surface area contributed by atoms with Crippen LogP contribution < -0.4 is 20.1 Å². The molecule has 5 rings (SSSR count). The van der Waals surface area contributed by atoms with Crippen molar-refractivity contribution in [2.75, 3.05) is 22.5 Å². The first-order valence-corrected chi connectivity index (χ1v) is 13.7. The van der Waals surface area contributed by atoms with E-state index in [0.29, 0.717) is 22.5 Å². The number of nitrogens with one attached hydrogen (secondary N) is 3. The zero-order valence-electron chi connectivity index (χ0n) is 20.9. The lowest BCUT2D eigenvalue weighted by molar-refractivity contribution is 0.102. The van der Waals surface area contributed by atoms with Crippen LogP contribution in [0.5, 0.6) is 11.5 Å². The van der Waals surface area contributed by atoms with E-state index in [1.54, 1.807) is 60.7 Å². The number of hydrogen-bond acceptors (Lipinski definition) is 8. The minimum Gasteiger partial charge on any atom is -0.508 e. The summed E-state index contributed by atoms with van der Waals surface area (Å²) in [5.41, 5.74) is 1.87. The number of benzene rings is 4. The van der Waals surface area contributed by atoms with Gasteiger partial charge in [0, 0.05) is 29.6 Å². The van der Waals surface area contributed by atoms with Crippen LogP contribution in [0.3, 0.4) is 0 Å². The van der Waals surface area contributed by atoms with E-state index < -0.39 is 15.9 Å². The number of hydrogen-bond donors (Lipinski definition) is 4. The first-order chi connectivity index (χ1) is 19.2. The molecule has 0 aliphatic heterocycles. The number of fused-ring (bicyclic) bond motifs is 1. The summed E-state index contributed by atoms with van der Waals surface area (Å²) in [7, 11) is -2.74. The third-order valence-corrected chi connectivity index (χ3v) is 7.38. The highest BCUT2D eigenvalue weighted by atomic mass is 35.5. The van der Waals surface area contributed by atoms with E-state index in [1.165, 1.54) is 37.4 Å². The van der Waals surface area contributed by atoms with Gasteiger partial charge < -0.3 is 20.5 Å². The third kappa shape index (κ3) is 6.65. The highest BCUT2D eigenvalue weighted by Gasteiger charge is 2.20. The number of aromatic nitrogens is 2. The van der Waals surface area contributed by atoms with Crippen molar-refractivity contribution in [2.24, 2.45) is 0 Å². The van der Waals surface area contributed by atoms with Gasteiger partial charge in [0.15, 0.2) is 11.6 Å². The zero-order chi connectivity index (χ0) is 28.3. The normalized spacial score (nSPS) is 10.9. The maximum Gasteiger partial charge on any atom is 0.263 e. The van der Waals surface area contributed by atoms with E-state index in [1.807, 2.05) is 0 Å². The number of aromatic hydroxyl groups is 1. The average Bonchev–Trinajstić information content (AvgIpc) is 2.93. The van der Waals surface area contributed by atoms with Gasteiger partial charge in [-0.05, 0) is 42.5 Å².